The molecule has 0 aromatic carbocycles. The lowest BCUT2D eigenvalue weighted by atomic mass is 10.4. The van der Waals surface area contributed by atoms with Crippen LogP contribution in [0.25, 0.3) is 0 Å². The van der Waals surface area contributed by atoms with E-state index in [0.29, 0.717) is 0 Å². The first-order valence-electron chi connectivity index (χ1n) is 2.41. The Kier molecular flexibility index (Phi) is 1.32. The summed E-state index contributed by atoms with van der Waals surface area (Å²) in [4.78, 5) is 0. The van der Waals surface area contributed by atoms with Crippen molar-refractivity contribution in [2.75, 3.05) is 13.2 Å². The maximum absolute atomic E-state index is 8.40. The van der Waals surface area contributed by atoms with Crippen LogP contribution in [0.15, 0.2) is 11.8 Å². The van der Waals surface area contributed by atoms with Crippen molar-refractivity contribution in [1.29, 1.82) is 0 Å². The summed E-state index contributed by atoms with van der Waals surface area (Å²) in [5, 5.41) is 12.4. The highest BCUT2D eigenvalue weighted by atomic mass is 16.3. The van der Waals surface area contributed by atoms with Gasteiger partial charge in [0.15, 0.2) is 0 Å². The zero-order chi connectivity index (χ0) is 5.11. The molecule has 1 aliphatic rings. The first kappa shape index (κ1) is 4.65. The second-order valence-electron chi connectivity index (χ2n) is 1.52. The summed E-state index contributed by atoms with van der Waals surface area (Å²) in [7, 11) is 0. The Morgan fingerprint density at radius 2 is 2.71 bits per heavy atom. The van der Waals surface area contributed by atoms with Crippen LogP contribution in [-0.2, 0) is 0 Å². The van der Waals surface area contributed by atoms with Gasteiger partial charge in [0.2, 0.25) is 0 Å². The molecule has 2 nitrogen and oxygen atoms in total. The van der Waals surface area contributed by atoms with Crippen LogP contribution in [0.4, 0.5) is 0 Å². The third-order valence-electron chi connectivity index (χ3n) is 0.986. The van der Waals surface area contributed by atoms with Crippen LogP contribution in [0.2, 0.25) is 0 Å². The van der Waals surface area contributed by atoms with Gasteiger partial charge >= 0.3 is 0 Å². The Bertz CT molecular complexity index is 88.1. The molecule has 1 aliphatic heterocycles. The molecule has 1 heterocycles. The smallest absolute Gasteiger partial charge is 0.0845 e. The minimum atomic E-state index is 0.111. The molecule has 1 N–H and O–H groups in total. The molecule has 0 saturated heterocycles. The van der Waals surface area contributed by atoms with Crippen molar-refractivity contribution < 1.29 is 5.11 Å². The number of aliphatic hydroxyl groups is 1. The van der Waals surface area contributed by atoms with Crippen molar-refractivity contribution in [2.24, 2.45) is 0 Å². The topological polar surface area (TPSA) is 34.3 Å². The lowest BCUT2D eigenvalue weighted by Crippen LogP contribution is -2.00. The molecule has 1 rings (SSSR count). The largest absolute Gasteiger partial charge is 0.390 e. The van der Waals surface area contributed by atoms with Crippen LogP contribution in [0.5, 0.6) is 0 Å². The fourth-order valence-electron chi connectivity index (χ4n) is 0.618. The van der Waals surface area contributed by atoms with Crippen LogP contribution in [0, 0.1) is 0 Å². The van der Waals surface area contributed by atoms with Crippen LogP contribution in [0.3, 0.4) is 0 Å². The number of rotatable bonds is 1. The van der Waals surface area contributed by atoms with E-state index in [0.717, 1.165) is 18.7 Å². The fourth-order valence-corrected chi connectivity index (χ4v) is 0.618. The Morgan fingerprint density at radius 3 is 3.00 bits per heavy atom. The summed E-state index contributed by atoms with van der Waals surface area (Å²) in [5.74, 6) is 0. The van der Waals surface area contributed by atoms with Crippen molar-refractivity contribution in [2.45, 2.75) is 6.42 Å². The summed E-state index contributed by atoms with van der Waals surface area (Å²) in [5.41, 5.74) is 0.847. The lowest BCUT2D eigenvalue weighted by Gasteiger charge is -1.90. The minimum absolute atomic E-state index is 0.111. The molecule has 0 unspecified atom stereocenters. The van der Waals surface area contributed by atoms with Crippen molar-refractivity contribution in [3.05, 3.63) is 11.8 Å². The number of aliphatic hydroxyl groups excluding tert-OH is 1. The molecule has 0 aromatic heterocycles. The highest BCUT2D eigenvalue weighted by molar-refractivity contribution is 5.04. The Morgan fingerprint density at radius 1 is 1.86 bits per heavy atom. The summed E-state index contributed by atoms with van der Waals surface area (Å²) < 4.78 is 0. The standard InChI is InChI=1S/C5H8NO/c7-4-5-2-1-3-6-5/h2,7H,1,3-4H2. The molecular formula is C5H8NO. The molecule has 0 aromatic rings. The van der Waals surface area contributed by atoms with Crippen molar-refractivity contribution >= 4 is 0 Å². The molecular weight excluding hydrogens is 90.1 g/mol. The average molecular weight is 98.1 g/mol. The fraction of sp³-hybridized carbons (Fsp3) is 0.600. The predicted molar refractivity (Wildman–Crippen MR) is 26.8 cm³/mol. The minimum Gasteiger partial charge on any atom is -0.390 e. The van der Waals surface area contributed by atoms with Gasteiger partial charge in [-0.2, -0.15) is 0 Å². The normalized spacial score (nSPS) is 18.7. The van der Waals surface area contributed by atoms with Crippen molar-refractivity contribution in [3.8, 4) is 0 Å². The van der Waals surface area contributed by atoms with Crippen molar-refractivity contribution in [1.82, 2.24) is 5.32 Å². The summed E-state index contributed by atoms with van der Waals surface area (Å²) in [6.45, 7) is 0.982. The molecule has 0 fully saturated rings. The Labute approximate surface area is 42.8 Å². The zero-order valence-corrected chi connectivity index (χ0v) is 4.09. The Hall–Kier alpha value is -0.500. The predicted octanol–water partition coefficient (Wildman–Crippen LogP) is -0.129. The van der Waals surface area contributed by atoms with Crippen LogP contribution in [0.1, 0.15) is 6.42 Å². The summed E-state index contributed by atoms with van der Waals surface area (Å²) in [6, 6.07) is 0. The van der Waals surface area contributed by atoms with Gasteiger partial charge in [-0.15, -0.1) is 0 Å². The van der Waals surface area contributed by atoms with E-state index in [9.17, 15) is 0 Å². The van der Waals surface area contributed by atoms with Crippen LogP contribution < -0.4 is 5.32 Å². The highest BCUT2D eigenvalue weighted by Gasteiger charge is 2.00. The van der Waals surface area contributed by atoms with Gasteiger partial charge in [0.1, 0.15) is 0 Å². The molecule has 0 atom stereocenters. The van der Waals surface area contributed by atoms with Gasteiger partial charge in [-0.25, -0.2) is 0 Å². The van der Waals surface area contributed by atoms with E-state index >= 15 is 0 Å². The number of hydrogen-bond acceptors (Lipinski definition) is 1. The molecule has 0 amide bonds. The quantitative estimate of drug-likeness (QED) is 0.487. The van der Waals surface area contributed by atoms with E-state index in [1.165, 1.54) is 0 Å². The Balaban J connectivity index is 2.36. The van der Waals surface area contributed by atoms with E-state index in [2.05, 4.69) is 5.32 Å². The lowest BCUT2D eigenvalue weighted by molar-refractivity contribution is 0.323. The van der Waals surface area contributed by atoms with Crippen LogP contribution in [-0.4, -0.2) is 18.3 Å². The van der Waals surface area contributed by atoms with Gasteiger partial charge < -0.3 is 5.11 Å². The average Bonchev–Trinajstić information content (AvgIpc) is 2.14. The number of nitrogens with zero attached hydrogens (tertiary/aromatic N) is 1. The molecule has 0 aliphatic carbocycles. The van der Waals surface area contributed by atoms with Gasteiger partial charge in [0.05, 0.1) is 12.3 Å². The maximum Gasteiger partial charge on any atom is 0.0845 e. The second-order valence-corrected chi connectivity index (χ2v) is 1.52. The van der Waals surface area contributed by atoms with E-state index in [-0.39, 0.29) is 6.61 Å². The monoisotopic (exact) mass is 98.1 g/mol. The molecule has 0 saturated carbocycles. The molecule has 0 spiro atoms. The first-order valence-corrected chi connectivity index (χ1v) is 2.41. The maximum atomic E-state index is 8.40. The van der Waals surface area contributed by atoms with Gasteiger partial charge in [0, 0.05) is 6.54 Å². The third-order valence-corrected chi connectivity index (χ3v) is 0.986. The molecule has 7 heavy (non-hydrogen) atoms. The van der Waals surface area contributed by atoms with E-state index in [4.69, 9.17) is 5.11 Å². The molecule has 0 bridgehead atoms. The number of hydrogen-bond donors (Lipinski definition) is 1. The zero-order valence-electron chi connectivity index (χ0n) is 4.09. The second kappa shape index (κ2) is 1.98. The SMILES string of the molecule is OCC1=CCC[N]1. The third kappa shape index (κ3) is 0.933. The van der Waals surface area contributed by atoms with Crippen LogP contribution >= 0.6 is 0 Å². The highest BCUT2D eigenvalue weighted by Crippen LogP contribution is 2.00. The molecule has 2 heteroatoms. The molecule has 1 radical (unpaired) electrons. The first-order chi connectivity index (χ1) is 3.43. The van der Waals surface area contributed by atoms with E-state index in [1.54, 1.807) is 0 Å². The summed E-state index contributed by atoms with van der Waals surface area (Å²) >= 11 is 0. The van der Waals surface area contributed by atoms with Gasteiger partial charge in [-0.05, 0) is 6.42 Å². The van der Waals surface area contributed by atoms with Gasteiger partial charge in [-0.3, -0.25) is 5.32 Å². The van der Waals surface area contributed by atoms with Gasteiger partial charge in [-0.1, -0.05) is 6.08 Å². The summed E-state index contributed by atoms with van der Waals surface area (Å²) in [6.07, 6.45) is 2.97. The molecule has 39 valence electrons. The van der Waals surface area contributed by atoms with E-state index in [1.807, 2.05) is 6.08 Å². The van der Waals surface area contributed by atoms with E-state index < -0.39 is 0 Å². The van der Waals surface area contributed by atoms with Crippen molar-refractivity contribution in [3.63, 3.8) is 0 Å². The van der Waals surface area contributed by atoms with Gasteiger partial charge in [0.25, 0.3) is 0 Å².